The molecule has 1 saturated heterocycles. The third kappa shape index (κ3) is 2.42. The fourth-order valence-electron chi connectivity index (χ4n) is 4.97. The smallest absolute Gasteiger partial charge is 0.243 e. The van der Waals surface area contributed by atoms with Gasteiger partial charge in [-0.15, -0.1) is 0 Å². The number of aromatic hydroxyl groups is 1. The number of nitrogens with zero attached hydrogens (tertiary/aromatic N) is 1. The Hall–Kier alpha value is -2.37. The van der Waals surface area contributed by atoms with Crippen molar-refractivity contribution in [2.45, 2.75) is 35.6 Å². The number of sulfonamides is 1. The van der Waals surface area contributed by atoms with Gasteiger partial charge < -0.3 is 5.11 Å². The topological polar surface area (TPSA) is 57.6 Å². The van der Waals surface area contributed by atoms with Crippen molar-refractivity contribution < 1.29 is 13.5 Å². The highest BCUT2D eigenvalue weighted by atomic mass is 32.2. The van der Waals surface area contributed by atoms with Crippen LogP contribution in [-0.2, 0) is 15.4 Å². The van der Waals surface area contributed by atoms with Crippen LogP contribution in [0, 0.1) is 0 Å². The number of benzene rings is 2. The van der Waals surface area contributed by atoms with Crippen LogP contribution in [0.25, 0.3) is 6.08 Å². The number of phenols is 1. The molecule has 0 amide bonds. The minimum Gasteiger partial charge on any atom is -0.508 e. The minimum atomic E-state index is -3.50. The van der Waals surface area contributed by atoms with Crippen LogP contribution >= 0.6 is 0 Å². The van der Waals surface area contributed by atoms with Gasteiger partial charge in [-0.25, -0.2) is 8.42 Å². The zero-order valence-electron chi connectivity index (χ0n) is 14.9. The Balaban J connectivity index is 1.57. The van der Waals surface area contributed by atoms with Gasteiger partial charge in [0, 0.05) is 18.0 Å². The molecule has 27 heavy (non-hydrogen) atoms. The maximum Gasteiger partial charge on any atom is 0.243 e. The summed E-state index contributed by atoms with van der Waals surface area (Å²) < 4.78 is 28.1. The lowest BCUT2D eigenvalue weighted by molar-refractivity contribution is 0.178. The van der Waals surface area contributed by atoms with Crippen LogP contribution in [0.2, 0.25) is 0 Å². The SMILES string of the molecule is O=S(=O)(c1ccccc1)N1CCC23CC1CC=C2C=Cc1ccc(O)cc13. The molecule has 2 aliphatic carbocycles. The van der Waals surface area contributed by atoms with Gasteiger partial charge in [-0.3, -0.25) is 0 Å². The predicted molar refractivity (Wildman–Crippen MR) is 105 cm³/mol. The number of rotatable bonds is 2. The van der Waals surface area contributed by atoms with Crippen molar-refractivity contribution in [2.75, 3.05) is 6.54 Å². The minimum absolute atomic E-state index is 0.0607. The molecule has 2 bridgehead atoms. The van der Waals surface area contributed by atoms with E-state index < -0.39 is 10.0 Å². The highest BCUT2D eigenvalue weighted by molar-refractivity contribution is 7.89. The van der Waals surface area contributed by atoms with E-state index >= 15 is 0 Å². The average Bonchev–Trinajstić information content (AvgIpc) is 2.68. The van der Waals surface area contributed by atoms with Gasteiger partial charge in [0.15, 0.2) is 0 Å². The zero-order valence-corrected chi connectivity index (χ0v) is 15.7. The molecule has 138 valence electrons. The van der Waals surface area contributed by atoms with Gasteiger partial charge >= 0.3 is 0 Å². The summed E-state index contributed by atoms with van der Waals surface area (Å²) in [4.78, 5) is 0.359. The molecule has 1 heterocycles. The normalized spacial score (nSPS) is 26.8. The Morgan fingerprint density at radius 2 is 1.89 bits per heavy atom. The molecule has 2 aromatic rings. The van der Waals surface area contributed by atoms with Gasteiger partial charge in [-0.2, -0.15) is 4.31 Å². The second kappa shape index (κ2) is 5.81. The summed E-state index contributed by atoms with van der Waals surface area (Å²) in [7, 11) is -3.50. The lowest BCUT2D eigenvalue weighted by atomic mass is 9.60. The fourth-order valence-corrected chi connectivity index (χ4v) is 6.62. The first-order valence-electron chi connectivity index (χ1n) is 9.30. The summed E-state index contributed by atoms with van der Waals surface area (Å²) in [6.45, 7) is 0.488. The van der Waals surface area contributed by atoms with E-state index in [9.17, 15) is 13.5 Å². The molecule has 2 unspecified atom stereocenters. The lowest BCUT2D eigenvalue weighted by Crippen LogP contribution is -2.54. The van der Waals surface area contributed by atoms with Gasteiger partial charge in [-0.1, -0.05) is 42.5 Å². The summed E-state index contributed by atoms with van der Waals surface area (Å²) in [5, 5.41) is 10.1. The second-order valence-corrected chi connectivity index (χ2v) is 9.51. The van der Waals surface area contributed by atoms with Crippen molar-refractivity contribution in [1.29, 1.82) is 0 Å². The average molecular weight is 379 g/mol. The number of fused-ring (bicyclic) bond motifs is 2. The van der Waals surface area contributed by atoms with Gasteiger partial charge in [0.25, 0.3) is 0 Å². The Kier molecular flexibility index (Phi) is 3.61. The highest BCUT2D eigenvalue weighted by Gasteiger charge is 2.49. The standard InChI is InChI=1S/C22H21NO3S/c24-19-11-7-16-6-8-17-9-10-18-15-22(17,21(16)14-19)12-13-23(18)27(25,26)20-4-2-1-3-5-20/h1-9,11,14,18,24H,10,12-13,15H2. The van der Waals surface area contributed by atoms with E-state index in [-0.39, 0.29) is 17.2 Å². The summed E-state index contributed by atoms with van der Waals surface area (Å²) in [5.74, 6) is 0.263. The third-order valence-electron chi connectivity index (χ3n) is 6.26. The van der Waals surface area contributed by atoms with E-state index in [1.807, 2.05) is 18.2 Å². The van der Waals surface area contributed by atoms with Crippen LogP contribution in [0.3, 0.4) is 0 Å². The van der Waals surface area contributed by atoms with Gasteiger partial charge in [0.1, 0.15) is 5.75 Å². The molecular formula is C22H21NO3S. The van der Waals surface area contributed by atoms with Crippen molar-refractivity contribution in [3.05, 3.63) is 77.4 Å². The Labute approximate surface area is 159 Å². The van der Waals surface area contributed by atoms with Crippen LogP contribution in [0.15, 0.2) is 71.2 Å². The van der Waals surface area contributed by atoms with Crippen LogP contribution < -0.4 is 0 Å². The predicted octanol–water partition coefficient (Wildman–Crippen LogP) is 3.84. The lowest BCUT2D eigenvalue weighted by Gasteiger charge is -2.51. The Morgan fingerprint density at radius 3 is 2.70 bits per heavy atom. The molecule has 1 fully saturated rings. The van der Waals surface area contributed by atoms with Crippen LogP contribution in [-0.4, -0.2) is 30.4 Å². The van der Waals surface area contributed by atoms with Crippen LogP contribution in [0.1, 0.15) is 30.4 Å². The number of hydrogen-bond donors (Lipinski definition) is 1. The quantitative estimate of drug-likeness (QED) is 0.862. The van der Waals surface area contributed by atoms with E-state index in [0.29, 0.717) is 11.4 Å². The maximum atomic E-state index is 13.2. The summed E-state index contributed by atoms with van der Waals surface area (Å²) in [5.41, 5.74) is 3.30. The highest BCUT2D eigenvalue weighted by Crippen LogP contribution is 2.52. The number of hydrogen-bond acceptors (Lipinski definition) is 3. The Morgan fingerprint density at radius 1 is 1.07 bits per heavy atom. The summed E-state index contributed by atoms with van der Waals surface area (Å²) in [6, 6.07) is 14.2. The Bertz CT molecular complexity index is 1070. The molecule has 3 aliphatic rings. The molecule has 0 aromatic heterocycles. The first-order valence-corrected chi connectivity index (χ1v) is 10.7. The second-order valence-electron chi connectivity index (χ2n) is 7.62. The number of piperidine rings is 1. The summed E-state index contributed by atoms with van der Waals surface area (Å²) >= 11 is 0. The monoisotopic (exact) mass is 379 g/mol. The van der Waals surface area contributed by atoms with E-state index in [2.05, 4.69) is 18.2 Å². The maximum absolute atomic E-state index is 13.2. The fraction of sp³-hybridized carbons (Fsp3) is 0.273. The molecule has 0 saturated carbocycles. The van der Waals surface area contributed by atoms with E-state index in [0.717, 1.165) is 30.4 Å². The van der Waals surface area contributed by atoms with Gasteiger partial charge in [-0.05, 0) is 60.2 Å². The molecule has 2 aromatic carbocycles. The molecule has 4 nitrogen and oxygen atoms in total. The molecule has 5 rings (SSSR count). The first kappa shape index (κ1) is 16.8. The number of allylic oxidation sites excluding steroid dienone is 2. The molecule has 5 heteroatoms. The third-order valence-corrected chi connectivity index (χ3v) is 8.22. The van der Waals surface area contributed by atoms with Crippen molar-refractivity contribution in [3.8, 4) is 5.75 Å². The van der Waals surface area contributed by atoms with E-state index in [1.54, 1.807) is 34.6 Å². The molecule has 1 N–H and O–H groups in total. The van der Waals surface area contributed by atoms with E-state index in [4.69, 9.17) is 0 Å². The van der Waals surface area contributed by atoms with Gasteiger partial charge in [0.2, 0.25) is 10.0 Å². The van der Waals surface area contributed by atoms with Gasteiger partial charge in [0.05, 0.1) is 4.90 Å². The van der Waals surface area contributed by atoms with Crippen molar-refractivity contribution >= 4 is 16.1 Å². The molecule has 2 atom stereocenters. The van der Waals surface area contributed by atoms with Crippen molar-refractivity contribution in [3.63, 3.8) is 0 Å². The molecule has 1 spiro atoms. The molecule has 1 aliphatic heterocycles. The van der Waals surface area contributed by atoms with Crippen LogP contribution in [0.5, 0.6) is 5.75 Å². The zero-order chi connectivity index (χ0) is 18.6. The van der Waals surface area contributed by atoms with Crippen LogP contribution in [0.4, 0.5) is 0 Å². The van der Waals surface area contributed by atoms with E-state index in [1.165, 1.54) is 5.57 Å². The molecule has 0 radical (unpaired) electrons. The number of phenolic OH excluding ortho intramolecular Hbond substituents is 1. The first-order chi connectivity index (χ1) is 13.0. The van der Waals surface area contributed by atoms with Crippen molar-refractivity contribution in [2.24, 2.45) is 0 Å². The largest absolute Gasteiger partial charge is 0.508 e. The van der Waals surface area contributed by atoms with Crippen molar-refractivity contribution in [1.82, 2.24) is 4.31 Å². The molecular weight excluding hydrogens is 358 g/mol. The summed E-state index contributed by atoms with van der Waals surface area (Å²) in [6.07, 6.45) is 8.65.